The van der Waals surface area contributed by atoms with Crippen LogP contribution in [0, 0.1) is 0 Å². The van der Waals surface area contributed by atoms with Crippen LogP contribution in [0.2, 0.25) is 0 Å². The Labute approximate surface area is 175 Å². The second kappa shape index (κ2) is 9.78. The van der Waals surface area contributed by atoms with Crippen LogP contribution in [-0.4, -0.2) is 31.6 Å². The van der Waals surface area contributed by atoms with E-state index in [1.54, 1.807) is 10.7 Å². The lowest BCUT2D eigenvalue weighted by molar-refractivity contribution is 0.0697. The number of carboxylic acid groups (broad SMARTS) is 1. The van der Waals surface area contributed by atoms with Gasteiger partial charge in [0.1, 0.15) is 0 Å². The van der Waals surface area contributed by atoms with Crippen LogP contribution in [0.25, 0.3) is 17.2 Å². The number of ketones is 1. The van der Waals surface area contributed by atoms with Gasteiger partial charge in [-0.15, -0.1) is 5.10 Å². The molecule has 0 bridgehead atoms. The lowest BCUT2D eigenvalue weighted by Crippen LogP contribution is -2.08. The Morgan fingerprint density at radius 1 is 1.10 bits per heavy atom. The Bertz CT molecular complexity index is 1070. The summed E-state index contributed by atoms with van der Waals surface area (Å²) in [7, 11) is 0. The first-order chi connectivity index (χ1) is 14.5. The second-order valence-electron chi connectivity index (χ2n) is 6.99. The van der Waals surface area contributed by atoms with E-state index in [0.29, 0.717) is 24.4 Å². The van der Waals surface area contributed by atoms with Crippen LogP contribution in [0.15, 0.2) is 54.6 Å². The lowest BCUT2D eigenvalue weighted by Gasteiger charge is -2.10. The molecule has 0 aliphatic rings. The summed E-state index contributed by atoms with van der Waals surface area (Å²) in [6.45, 7) is 4.28. The zero-order valence-corrected chi connectivity index (χ0v) is 17.2. The van der Waals surface area contributed by atoms with Crippen LogP contribution in [0.4, 0.5) is 0 Å². The molecule has 30 heavy (non-hydrogen) atoms. The highest BCUT2D eigenvalue weighted by Gasteiger charge is 2.17. The van der Waals surface area contributed by atoms with Gasteiger partial charge in [-0.2, -0.15) is 0 Å². The second-order valence-corrected chi connectivity index (χ2v) is 6.99. The quantitative estimate of drug-likeness (QED) is 0.503. The molecule has 0 unspecified atom stereocenters. The summed E-state index contributed by atoms with van der Waals surface area (Å²) < 4.78 is 1.65. The summed E-state index contributed by atoms with van der Waals surface area (Å²) in [6.07, 6.45) is 5.76. The minimum Gasteiger partial charge on any atom is -0.478 e. The van der Waals surface area contributed by atoms with Crippen molar-refractivity contribution >= 4 is 17.8 Å². The average Bonchev–Trinajstić information content (AvgIpc) is 3.15. The summed E-state index contributed by atoms with van der Waals surface area (Å²) >= 11 is 0. The van der Waals surface area contributed by atoms with Crippen LogP contribution in [-0.2, 0) is 6.54 Å². The number of carboxylic acids is 1. The Morgan fingerprint density at radius 3 is 2.53 bits per heavy atom. The van der Waals surface area contributed by atoms with Crippen molar-refractivity contribution < 1.29 is 14.7 Å². The van der Waals surface area contributed by atoms with Gasteiger partial charge in [0.25, 0.3) is 0 Å². The number of hydrogen-bond donors (Lipinski definition) is 1. The molecule has 0 radical (unpaired) electrons. The Kier molecular flexibility index (Phi) is 6.91. The molecule has 0 atom stereocenters. The summed E-state index contributed by atoms with van der Waals surface area (Å²) in [5.74, 6) is -0.292. The molecule has 1 N–H and O–H groups in total. The van der Waals surface area contributed by atoms with Gasteiger partial charge >= 0.3 is 5.97 Å². The van der Waals surface area contributed by atoms with E-state index in [0.717, 1.165) is 24.0 Å². The van der Waals surface area contributed by atoms with Gasteiger partial charge in [0.2, 0.25) is 11.6 Å². The van der Waals surface area contributed by atoms with E-state index in [1.807, 2.05) is 68.5 Å². The number of benzene rings is 2. The fraction of sp³-hybridized carbons (Fsp3) is 0.250. The molecular formula is C24H25N3O3. The highest BCUT2D eigenvalue weighted by Crippen LogP contribution is 2.25. The number of hydrogen-bond acceptors (Lipinski definition) is 4. The van der Waals surface area contributed by atoms with Gasteiger partial charge in [-0.05, 0) is 41.7 Å². The average molecular weight is 403 g/mol. The van der Waals surface area contributed by atoms with Crippen LogP contribution < -0.4 is 0 Å². The monoisotopic (exact) mass is 403 g/mol. The SMILES string of the molecule is CC/C=C/c1nc(C(=O)CCC)nn1Cc1ccc(-c2ccccc2)c(C(=O)O)c1. The van der Waals surface area contributed by atoms with Crippen molar-refractivity contribution in [2.45, 2.75) is 39.7 Å². The van der Waals surface area contributed by atoms with E-state index in [4.69, 9.17) is 0 Å². The van der Waals surface area contributed by atoms with Gasteiger partial charge < -0.3 is 5.11 Å². The molecule has 0 aliphatic carbocycles. The molecule has 1 heterocycles. The maximum absolute atomic E-state index is 12.2. The standard InChI is InChI=1S/C24H25N3O3/c1-3-5-12-22-25-23(21(28)9-4-2)26-27(22)16-17-13-14-19(20(15-17)24(29)30)18-10-7-6-8-11-18/h5-8,10-15H,3-4,9,16H2,1-2H3,(H,29,30)/b12-5+. The van der Waals surface area contributed by atoms with Crippen molar-refractivity contribution in [1.82, 2.24) is 14.8 Å². The molecular weight excluding hydrogens is 378 g/mol. The molecule has 0 fully saturated rings. The van der Waals surface area contributed by atoms with Gasteiger partial charge in [-0.1, -0.05) is 62.4 Å². The molecule has 1 aromatic heterocycles. The number of nitrogens with zero attached hydrogens (tertiary/aromatic N) is 3. The lowest BCUT2D eigenvalue weighted by atomic mass is 9.97. The zero-order chi connectivity index (χ0) is 21.5. The van der Waals surface area contributed by atoms with Crippen molar-refractivity contribution in [3.05, 3.63) is 77.4 Å². The molecule has 6 nitrogen and oxygen atoms in total. The first kappa shape index (κ1) is 21.2. The van der Waals surface area contributed by atoms with Crippen LogP contribution in [0.1, 0.15) is 65.5 Å². The molecule has 2 aromatic carbocycles. The Morgan fingerprint density at radius 2 is 1.87 bits per heavy atom. The third kappa shape index (κ3) is 4.89. The molecule has 3 rings (SSSR count). The predicted molar refractivity (Wildman–Crippen MR) is 117 cm³/mol. The fourth-order valence-electron chi connectivity index (χ4n) is 3.18. The van der Waals surface area contributed by atoms with E-state index in [2.05, 4.69) is 10.1 Å². The molecule has 154 valence electrons. The van der Waals surface area contributed by atoms with E-state index in [-0.39, 0.29) is 17.2 Å². The highest BCUT2D eigenvalue weighted by molar-refractivity contribution is 5.96. The number of rotatable bonds is 9. The number of allylic oxidation sites excluding steroid dienone is 1. The number of carbonyl (C=O) groups is 2. The number of Topliss-reactive ketones (excluding diaryl/α,β-unsaturated/α-hetero) is 1. The molecule has 0 saturated heterocycles. The summed E-state index contributed by atoms with van der Waals surface area (Å²) in [6, 6.07) is 14.8. The van der Waals surface area contributed by atoms with Crippen LogP contribution >= 0.6 is 0 Å². The molecule has 0 amide bonds. The highest BCUT2D eigenvalue weighted by atomic mass is 16.4. The first-order valence-corrected chi connectivity index (χ1v) is 10.1. The zero-order valence-electron chi connectivity index (χ0n) is 17.2. The van der Waals surface area contributed by atoms with Crippen molar-refractivity contribution in [3.8, 4) is 11.1 Å². The molecule has 6 heteroatoms. The number of carbonyl (C=O) groups excluding carboxylic acids is 1. The van der Waals surface area contributed by atoms with Gasteiger partial charge in [0.15, 0.2) is 5.82 Å². The van der Waals surface area contributed by atoms with Crippen molar-refractivity contribution in [3.63, 3.8) is 0 Å². The number of aromatic nitrogens is 3. The van der Waals surface area contributed by atoms with E-state index in [9.17, 15) is 14.7 Å². The van der Waals surface area contributed by atoms with Crippen LogP contribution in [0.3, 0.4) is 0 Å². The van der Waals surface area contributed by atoms with Crippen molar-refractivity contribution in [2.24, 2.45) is 0 Å². The summed E-state index contributed by atoms with van der Waals surface area (Å²) in [5, 5.41) is 14.1. The Hall–Kier alpha value is -3.54. The van der Waals surface area contributed by atoms with E-state index in [1.165, 1.54) is 0 Å². The molecule has 0 saturated carbocycles. The molecule has 0 aliphatic heterocycles. The fourth-order valence-corrected chi connectivity index (χ4v) is 3.18. The van der Waals surface area contributed by atoms with E-state index < -0.39 is 5.97 Å². The summed E-state index contributed by atoms with van der Waals surface area (Å²) in [4.78, 5) is 28.5. The third-order valence-electron chi connectivity index (χ3n) is 4.66. The van der Waals surface area contributed by atoms with E-state index >= 15 is 0 Å². The van der Waals surface area contributed by atoms with Gasteiger partial charge in [-0.3, -0.25) is 4.79 Å². The summed E-state index contributed by atoms with van der Waals surface area (Å²) in [5.41, 5.74) is 2.51. The van der Waals surface area contributed by atoms with Gasteiger partial charge in [0, 0.05) is 6.42 Å². The largest absolute Gasteiger partial charge is 0.478 e. The number of aromatic carboxylic acids is 1. The maximum Gasteiger partial charge on any atom is 0.336 e. The minimum absolute atomic E-state index is 0.0898. The normalized spacial score (nSPS) is 11.1. The van der Waals surface area contributed by atoms with Crippen molar-refractivity contribution in [1.29, 1.82) is 0 Å². The van der Waals surface area contributed by atoms with Crippen molar-refractivity contribution in [2.75, 3.05) is 0 Å². The first-order valence-electron chi connectivity index (χ1n) is 10.1. The van der Waals surface area contributed by atoms with Gasteiger partial charge in [-0.25, -0.2) is 14.5 Å². The Balaban J connectivity index is 1.97. The predicted octanol–water partition coefficient (Wildman–Crippen LogP) is 5.10. The minimum atomic E-state index is -0.987. The maximum atomic E-state index is 12.2. The topological polar surface area (TPSA) is 85.1 Å². The third-order valence-corrected chi connectivity index (χ3v) is 4.66. The van der Waals surface area contributed by atoms with Gasteiger partial charge in [0.05, 0.1) is 12.1 Å². The molecule has 3 aromatic rings. The van der Waals surface area contributed by atoms with Crippen LogP contribution in [0.5, 0.6) is 0 Å². The smallest absolute Gasteiger partial charge is 0.336 e. The molecule has 0 spiro atoms.